The lowest BCUT2D eigenvalue weighted by Crippen LogP contribution is -2.36. The number of aromatic nitrogens is 1. The van der Waals surface area contributed by atoms with Gasteiger partial charge in [0.05, 0.1) is 12.2 Å². The molecule has 0 bridgehead atoms. The predicted molar refractivity (Wildman–Crippen MR) is 98.2 cm³/mol. The van der Waals surface area contributed by atoms with Gasteiger partial charge in [-0.2, -0.15) is 0 Å². The average molecular weight is 341 g/mol. The molecule has 0 radical (unpaired) electrons. The summed E-state index contributed by atoms with van der Waals surface area (Å²) in [5.41, 5.74) is 3.25. The van der Waals surface area contributed by atoms with Crippen LogP contribution in [0.4, 0.5) is 5.13 Å². The summed E-state index contributed by atoms with van der Waals surface area (Å²) in [6.07, 6.45) is 5.15. The van der Waals surface area contributed by atoms with Crippen molar-refractivity contribution >= 4 is 22.4 Å². The third-order valence-electron chi connectivity index (χ3n) is 4.70. The van der Waals surface area contributed by atoms with Gasteiger partial charge >= 0.3 is 0 Å². The van der Waals surface area contributed by atoms with Gasteiger partial charge in [0.2, 0.25) is 5.91 Å². The van der Waals surface area contributed by atoms with Crippen LogP contribution in [0.2, 0.25) is 0 Å². The third kappa shape index (κ3) is 4.02. The zero-order valence-corrected chi connectivity index (χ0v) is 14.8. The van der Waals surface area contributed by atoms with Crippen LogP contribution in [0.3, 0.4) is 0 Å². The second kappa shape index (κ2) is 6.65. The van der Waals surface area contributed by atoms with Gasteiger partial charge in [-0.05, 0) is 38.5 Å². The van der Waals surface area contributed by atoms with E-state index in [1.807, 2.05) is 5.38 Å². The first-order chi connectivity index (χ1) is 11.7. The van der Waals surface area contributed by atoms with Crippen molar-refractivity contribution in [3.8, 4) is 11.3 Å². The van der Waals surface area contributed by atoms with E-state index in [2.05, 4.69) is 46.4 Å². The van der Waals surface area contributed by atoms with Gasteiger partial charge in [0, 0.05) is 23.5 Å². The number of nitrogens with zero attached hydrogens (tertiary/aromatic N) is 2. The summed E-state index contributed by atoms with van der Waals surface area (Å²) in [4.78, 5) is 19.3. The fourth-order valence-electron chi connectivity index (χ4n) is 2.95. The Kier molecular flexibility index (Phi) is 4.37. The van der Waals surface area contributed by atoms with E-state index in [1.165, 1.54) is 42.6 Å². The Morgan fingerprint density at radius 1 is 1.25 bits per heavy atom. The molecular weight excluding hydrogens is 318 g/mol. The van der Waals surface area contributed by atoms with Gasteiger partial charge in [-0.15, -0.1) is 11.3 Å². The highest BCUT2D eigenvalue weighted by atomic mass is 32.1. The monoisotopic (exact) mass is 341 g/mol. The molecule has 0 aliphatic heterocycles. The van der Waals surface area contributed by atoms with Gasteiger partial charge in [-0.1, -0.05) is 29.8 Å². The summed E-state index contributed by atoms with van der Waals surface area (Å²) < 4.78 is 0. The van der Waals surface area contributed by atoms with Crippen LogP contribution in [0.1, 0.15) is 31.2 Å². The molecule has 0 unspecified atom stereocenters. The highest BCUT2D eigenvalue weighted by Gasteiger charge is 2.34. The first-order valence-corrected chi connectivity index (χ1v) is 9.62. The van der Waals surface area contributed by atoms with E-state index in [-0.39, 0.29) is 5.91 Å². The van der Waals surface area contributed by atoms with E-state index in [0.29, 0.717) is 17.7 Å². The molecule has 24 heavy (non-hydrogen) atoms. The van der Waals surface area contributed by atoms with Crippen molar-refractivity contribution in [2.45, 2.75) is 38.6 Å². The number of carbonyl (C=O) groups is 1. The standard InChI is InChI=1S/C19H23N3OS/c1-13-2-6-15(7-3-13)17-12-24-19(20-17)21-18(23)11-22(16-8-9-16)10-14-4-5-14/h2-3,6-7,12,14,16H,4-5,8-11H2,1H3,(H,20,21,23). The van der Waals surface area contributed by atoms with E-state index in [1.54, 1.807) is 0 Å². The normalized spacial score (nSPS) is 17.2. The number of thiazole rings is 1. The summed E-state index contributed by atoms with van der Waals surface area (Å²) >= 11 is 1.49. The highest BCUT2D eigenvalue weighted by molar-refractivity contribution is 7.14. The molecule has 4 nitrogen and oxygen atoms in total. The number of benzene rings is 1. The van der Waals surface area contributed by atoms with E-state index < -0.39 is 0 Å². The Bertz CT molecular complexity index is 716. The van der Waals surface area contributed by atoms with Crippen LogP contribution < -0.4 is 5.32 Å². The molecular formula is C19H23N3OS. The van der Waals surface area contributed by atoms with Crippen LogP contribution in [0.5, 0.6) is 0 Å². The lowest BCUT2D eigenvalue weighted by molar-refractivity contribution is -0.117. The second-order valence-corrected chi connectivity index (χ2v) is 7.91. The van der Waals surface area contributed by atoms with Crippen molar-refractivity contribution in [1.82, 2.24) is 9.88 Å². The van der Waals surface area contributed by atoms with Crippen molar-refractivity contribution in [3.63, 3.8) is 0 Å². The van der Waals surface area contributed by atoms with Gasteiger partial charge < -0.3 is 5.32 Å². The molecule has 1 heterocycles. The highest BCUT2D eigenvalue weighted by Crippen LogP contribution is 2.34. The SMILES string of the molecule is Cc1ccc(-c2csc(NC(=O)CN(CC3CC3)C3CC3)n2)cc1. The number of hydrogen-bond donors (Lipinski definition) is 1. The van der Waals surface area contributed by atoms with Gasteiger partial charge in [0.1, 0.15) is 0 Å². The smallest absolute Gasteiger partial charge is 0.240 e. The third-order valence-corrected chi connectivity index (χ3v) is 5.46. The largest absolute Gasteiger partial charge is 0.301 e. The van der Waals surface area contributed by atoms with Crippen molar-refractivity contribution in [3.05, 3.63) is 35.2 Å². The molecule has 2 aliphatic carbocycles. The molecule has 4 rings (SSSR count). The van der Waals surface area contributed by atoms with Gasteiger partial charge in [-0.25, -0.2) is 4.98 Å². The first kappa shape index (κ1) is 15.8. The average Bonchev–Trinajstić information content (AvgIpc) is 3.47. The molecule has 0 saturated heterocycles. The summed E-state index contributed by atoms with van der Waals surface area (Å²) in [5, 5.41) is 5.67. The molecule has 2 fully saturated rings. The Balaban J connectivity index is 1.36. The maximum Gasteiger partial charge on any atom is 0.240 e. The maximum atomic E-state index is 12.4. The van der Waals surface area contributed by atoms with Crippen LogP contribution >= 0.6 is 11.3 Å². The lowest BCUT2D eigenvalue weighted by atomic mass is 10.1. The zero-order valence-electron chi connectivity index (χ0n) is 14.0. The molecule has 2 aliphatic rings. The molecule has 5 heteroatoms. The van der Waals surface area contributed by atoms with Crippen LogP contribution in [0, 0.1) is 12.8 Å². The molecule has 126 valence electrons. The quantitative estimate of drug-likeness (QED) is 0.830. The van der Waals surface area contributed by atoms with Crippen molar-refractivity contribution < 1.29 is 4.79 Å². The van der Waals surface area contributed by atoms with Crippen molar-refractivity contribution in [1.29, 1.82) is 0 Å². The number of rotatable bonds is 7. The van der Waals surface area contributed by atoms with Crippen molar-refractivity contribution in [2.75, 3.05) is 18.4 Å². The van der Waals surface area contributed by atoms with E-state index in [9.17, 15) is 4.79 Å². The Morgan fingerprint density at radius 2 is 2.00 bits per heavy atom. The number of nitrogens with one attached hydrogen (secondary N) is 1. The number of hydrogen-bond acceptors (Lipinski definition) is 4. The number of aryl methyl sites for hydroxylation is 1. The molecule has 0 atom stereocenters. The summed E-state index contributed by atoms with van der Waals surface area (Å²) in [6, 6.07) is 8.94. The van der Waals surface area contributed by atoms with Crippen molar-refractivity contribution in [2.24, 2.45) is 5.92 Å². The van der Waals surface area contributed by atoms with E-state index >= 15 is 0 Å². The fraction of sp³-hybridized carbons (Fsp3) is 0.474. The Morgan fingerprint density at radius 3 is 2.67 bits per heavy atom. The molecule has 1 aromatic heterocycles. The van der Waals surface area contributed by atoms with Gasteiger partial charge in [0.25, 0.3) is 0 Å². The van der Waals surface area contributed by atoms with E-state index in [0.717, 1.165) is 23.7 Å². The number of carbonyl (C=O) groups excluding carboxylic acids is 1. The minimum absolute atomic E-state index is 0.0624. The maximum absolute atomic E-state index is 12.4. The molecule has 2 aromatic rings. The Hall–Kier alpha value is -1.72. The molecule has 1 amide bonds. The summed E-state index contributed by atoms with van der Waals surface area (Å²) in [5.74, 6) is 0.888. The van der Waals surface area contributed by atoms with Crippen LogP contribution in [-0.4, -0.2) is 34.9 Å². The number of anilines is 1. The predicted octanol–water partition coefficient (Wildman–Crippen LogP) is 3.93. The zero-order chi connectivity index (χ0) is 16.5. The van der Waals surface area contributed by atoms with E-state index in [4.69, 9.17) is 0 Å². The Labute approximate surface area is 146 Å². The number of amides is 1. The molecule has 1 aromatic carbocycles. The lowest BCUT2D eigenvalue weighted by Gasteiger charge is -2.20. The molecule has 2 saturated carbocycles. The topological polar surface area (TPSA) is 45.2 Å². The van der Waals surface area contributed by atoms with Gasteiger partial charge in [0.15, 0.2) is 5.13 Å². The minimum Gasteiger partial charge on any atom is -0.301 e. The van der Waals surface area contributed by atoms with Crippen LogP contribution in [-0.2, 0) is 4.79 Å². The van der Waals surface area contributed by atoms with Gasteiger partial charge in [-0.3, -0.25) is 9.69 Å². The van der Waals surface area contributed by atoms with Crippen LogP contribution in [0.25, 0.3) is 11.3 Å². The minimum atomic E-state index is 0.0624. The first-order valence-electron chi connectivity index (χ1n) is 8.74. The summed E-state index contributed by atoms with van der Waals surface area (Å²) in [7, 11) is 0. The second-order valence-electron chi connectivity index (χ2n) is 7.06. The molecule has 1 N–H and O–H groups in total. The molecule has 0 spiro atoms. The fourth-order valence-corrected chi connectivity index (χ4v) is 3.68. The van der Waals surface area contributed by atoms with Crippen LogP contribution in [0.15, 0.2) is 29.6 Å². The summed E-state index contributed by atoms with van der Waals surface area (Å²) in [6.45, 7) is 3.66.